The Labute approximate surface area is 190 Å². The number of unbranched alkanes of at least 4 members (excludes halogenated alkanes) is 12. The van der Waals surface area contributed by atoms with Crippen LogP contribution in [0.5, 0.6) is 5.75 Å². The van der Waals surface area contributed by atoms with Crippen molar-refractivity contribution >= 4 is 5.78 Å². The van der Waals surface area contributed by atoms with Gasteiger partial charge in [-0.15, -0.1) is 0 Å². The number of ether oxygens (including phenoxy) is 1. The van der Waals surface area contributed by atoms with Crippen molar-refractivity contribution in [2.45, 2.75) is 96.8 Å². The fourth-order valence-electron chi connectivity index (χ4n) is 4.19. The van der Waals surface area contributed by atoms with Gasteiger partial charge in [-0.25, -0.2) is 0 Å². The quantitative estimate of drug-likeness (QED) is 0.188. The number of carbonyl (C=O) groups excluding carboxylic acids is 1. The third-order valence-electron chi connectivity index (χ3n) is 6.16. The molecule has 0 bridgehead atoms. The minimum atomic E-state index is 0.105. The maximum Gasteiger partial charge on any atom is 0.193 e. The van der Waals surface area contributed by atoms with E-state index >= 15 is 0 Å². The fourth-order valence-corrected chi connectivity index (χ4v) is 4.19. The molecule has 0 saturated heterocycles. The molecule has 2 aromatic rings. The van der Waals surface area contributed by atoms with Crippen molar-refractivity contribution in [2.24, 2.45) is 0 Å². The molecule has 0 saturated carbocycles. The molecule has 0 atom stereocenters. The Morgan fingerprint density at radius 3 is 1.74 bits per heavy atom. The number of benzene rings is 2. The highest BCUT2D eigenvalue weighted by molar-refractivity contribution is 6.09. The van der Waals surface area contributed by atoms with Crippen LogP contribution in [0.25, 0.3) is 0 Å². The molecule has 0 aliphatic rings. The van der Waals surface area contributed by atoms with Gasteiger partial charge in [0.2, 0.25) is 0 Å². The maximum absolute atomic E-state index is 13.0. The molecule has 0 amide bonds. The SMILES string of the molecule is CCCCCCCCCCCCCCCc1ccccc1C(=O)c1ccc(OC)cc1. The molecule has 2 aromatic carbocycles. The molecule has 0 unspecified atom stereocenters. The van der Waals surface area contributed by atoms with Gasteiger partial charge in [-0.2, -0.15) is 0 Å². The van der Waals surface area contributed by atoms with Gasteiger partial charge in [0, 0.05) is 11.1 Å². The minimum absolute atomic E-state index is 0.105. The van der Waals surface area contributed by atoms with Crippen LogP contribution in [0, 0.1) is 0 Å². The van der Waals surface area contributed by atoms with E-state index in [9.17, 15) is 4.79 Å². The Morgan fingerprint density at radius 2 is 1.19 bits per heavy atom. The molecule has 0 fully saturated rings. The molecule has 2 nitrogen and oxygen atoms in total. The van der Waals surface area contributed by atoms with E-state index < -0.39 is 0 Å². The second-order valence-electron chi connectivity index (χ2n) is 8.71. The summed E-state index contributed by atoms with van der Waals surface area (Å²) in [6, 6.07) is 15.5. The zero-order valence-electron chi connectivity index (χ0n) is 19.8. The summed E-state index contributed by atoms with van der Waals surface area (Å²) < 4.78 is 5.20. The highest BCUT2D eigenvalue weighted by Gasteiger charge is 2.13. The van der Waals surface area contributed by atoms with E-state index in [2.05, 4.69) is 13.0 Å². The number of hydrogen-bond acceptors (Lipinski definition) is 2. The highest BCUT2D eigenvalue weighted by atomic mass is 16.5. The molecule has 0 N–H and O–H groups in total. The molecule has 170 valence electrons. The van der Waals surface area contributed by atoms with Gasteiger partial charge in [0.1, 0.15) is 5.75 Å². The van der Waals surface area contributed by atoms with Gasteiger partial charge in [0.25, 0.3) is 0 Å². The Kier molecular flexibility index (Phi) is 12.7. The summed E-state index contributed by atoms with van der Waals surface area (Å²) >= 11 is 0. The van der Waals surface area contributed by atoms with Gasteiger partial charge in [-0.3, -0.25) is 4.79 Å². The molecular weight excluding hydrogens is 380 g/mol. The number of methoxy groups -OCH3 is 1. The first-order valence-electron chi connectivity index (χ1n) is 12.5. The van der Waals surface area contributed by atoms with Crippen LogP contribution in [-0.2, 0) is 6.42 Å². The molecule has 2 rings (SSSR count). The molecule has 0 radical (unpaired) electrons. The van der Waals surface area contributed by atoms with Crippen LogP contribution in [0.1, 0.15) is 112 Å². The summed E-state index contributed by atoms with van der Waals surface area (Å²) in [7, 11) is 1.64. The summed E-state index contributed by atoms with van der Waals surface area (Å²) in [5.41, 5.74) is 2.73. The number of ketones is 1. The average Bonchev–Trinajstić information content (AvgIpc) is 2.82. The van der Waals surface area contributed by atoms with Crippen LogP contribution in [-0.4, -0.2) is 12.9 Å². The van der Waals surface area contributed by atoms with Gasteiger partial charge in [-0.05, 0) is 42.7 Å². The van der Waals surface area contributed by atoms with Crippen LogP contribution in [0.3, 0.4) is 0 Å². The zero-order chi connectivity index (χ0) is 22.2. The van der Waals surface area contributed by atoms with Crippen LogP contribution in [0.2, 0.25) is 0 Å². The monoisotopic (exact) mass is 422 g/mol. The van der Waals surface area contributed by atoms with Gasteiger partial charge in [0.15, 0.2) is 5.78 Å². The van der Waals surface area contributed by atoms with Gasteiger partial charge in [-0.1, -0.05) is 108 Å². The number of aryl methyl sites for hydroxylation is 1. The molecule has 0 aliphatic heterocycles. The van der Waals surface area contributed by atoms with Crippen LogP contribution in [0.4, 0.5) is 0 Å². The van der Waals surface area contributed by atoms with E-state index in [4.69, 9.17) is 4.74 Å². The zero-order valence-corrected chi connectivity index (χ0v) is 19.8. The predicted molar refractivity (Wildman–Crippen MR) is 132 cm³/mol. The van der Waals surface area contributed by atoms with Crippen molar-refractivity contribution in [1.82, 2.24) is 0 Å². The molecule has 31 heavy (non-hydrogen) atoms. The van der Waals surface area contributed by atoms with E-state index in [1.54, 1.807) is 7.11 Å². The first kappa shape index (κ1) is 25.2. The Morgan fingerprint density at radius 1 is 0.677 bits per heavy atom. The van der Waals surface area contributed by atoms with Crippen molar-refractivity contribution in [3.8, 4) is 5.75 Å². The summed E-state index contributed by atoms with van der Waals surface area (Å²) in [5.74, 6) is 0.879. The molecule has 0 aromatic heterocycles. The topological polar surface area (TPSA) is 26.3 Å². The normalized spacial score (nSPS) is 10.9. The van der Waals surface area contributed by atoms with Gasteiger partial charge in [0.05, 0.1) is 7.11 Å². The van der Waals surface area contributed by atoms with E-state index in [-0.39, 0.29) is 5.78 Å². The van der Waals surface area contributed by atoms with E-state index in [0.29, 0.717) is 0 Å². The smallest absolute Gasteiger partial charge is 0.193 e. The third kappa shape index (κ3) is 9.72. The van der Waals surface area contributed by atoms with E-state index in [0.717, 1.165) is 29.7 Å². The molecule has 2 heteroatoms. The second kappa shape index (κ2) is 15.7. The molecule has 0 heterocycles. The standard InChI is InChI=1S/C29H42O2/c1-3-4-5-6-7-8-9-10-11-12-13-14-15-18-25-19-16-17-20-28(25)29(30)26-21-23-27(31-2)24-22-26/h16-17,19-24H,3-15,18H2,1-2H3. The lowest BCUT2D eigenvalue weighted by Gasteiger charge is -2.09. The van der Waals surface area contributed by atoms with Crippen molar-refractivity contribution < 1.29 is 9.53 Å². The minimum Gasteiger partial charge on any atom is -0.497 e. The van der Waals surface area contributed by atoms with E-state index in [1.807, 2.05) is 42.5 Å². The van der Waals surface area contributed by atoms with Crippen molar-refractivity contribution in [1.29, 1.82) is 0 Å². The fraction of sp³-hybridized carbons (Fsp3) is 0.552. The van der Waals surface area contributed by atoms with E-state index in [1.165, 1.54) is 82.6 Å². The first-order valence-corrected chi connectivity index (χ1v) is 12.5. The summed E-state index contributed by atoms with van der Waals surface area (Å²) in [4.78, 5) is 13.0. The third-order valence-corrected chi connectivity index (χ3v) is 6.16. The first-order chi connectivity index (χ1) is 15.3. The number of hydrogen-bond donors (Lipinski definition) is 0. The Hall–Kier alpha value is -2.09. The maximum atomic E-state index is 13.0. The lowest BCUT2D eigenvalue weighted by Crippen LogP contribution is -2.05. The highest BCUT2D eigenvalue weighted by Crippen LogP contribution is 2.20. The van der Waals surface area contributed by atoms with Crippen molar-refractivity contribution in [3.05, 3.63) is 65.2 Å². The predicted octanol–water partition coefficient (Wildman–Crippen LogP) is 8.56. The van der Waals surface area contributed by atoms with Crippen LogP contribution in [0.15, 0.2) is 48.5 Å². The molecule has 0 aliphatic carbocycles. The lowest BCUT2D eigenvalue weighted by molar-refractivity contribution is 0.103. The summed E-state index contributed by atoms with van der Waals surface area (Å²) in [5, 5.41) is 0. The molecular formula is C29H42O2. The lowest BCUT2D eigenvalue weighted by atomic mass is 9.95. The van der Waals surface area contributed by atoms with Crippen molar-refractivity contribution in [3.63, 3.8) is 0 Å². The Bertz CT molecular complexity index is 733. The number of carbonyl (C=O) groups is 1. The summed E-state index contributed by atoms with van der Waals surface area (Å²) in [6.07, 6.45) is 18.7. The molecule has 0 spiro atoms. The van der Waals surface area contributed by atoms with Crippen molar-refractivity contribution in [2.75, 3.05) is 7.11 Å². The van der Waals surface area contributed by atoms with Crippen LogP contribution < -0.4 is 4.74 Å². The second-order valence-corrected chi connectivity index (χ2v) is 8.71. The largest absolute Gasteiger partial charge is 0.497 e. The average molecular weight is 423 g/mol. The Balaban J connectivity index is 1.63. The van der Waals surface area contributed by atoms with Gasteiger partial charge >= 0.3 is 0 Å². The van der Waals surface area contributed by atoms with Gasteiger partial charge < -0.3 is 4.74 Å². The summed E-state index contributed by atoms with van der Waals surface area (Å²) in [6.45, 7) is 2.28. The van der Waals surface area contributed by atoms with Crippen LogP contribution >= 0.6 is 0 Å². The number of rotatable bonds is 17.